The van der Waals surface area contributed by atoms with E-state index in [0.29, 0.717) is 15.1 Å². The molecule has 0 aliphatic rings. The minimum Gasteiger partial charge on any atom is -0.258 e. The fourth-order valence-electron chi connectivity index (χ4n) is 0.840. The summed E-state index contributed by atoms with van der Waals surface area (Å²) < 4.78 is 0.582. The van der Waals surface area contributed by atoms with Crippen LogP contribution in [0.25, 0.3) is 0 Å². The molecule has 12 heavy (non-hydrogen) atoms. The van der Waals surface area contributed by atoms with Crippen molar-refractivity contribution in [3.63, 3.8) is 0 Å². The molecular weight excluding hydrogens is 245 g/mol. The minimum absolute atomic E-state index is 0.0753. The number of nitro benzene ring substituents is 1. The summed E-state index contributed by atoms with van der Waals surface area (Å²) in [5, 5.41) is 10.9. The first-order valence-corrected chi connectivity index (χ1v) is 4.30. The number of rotatable bonds is 1. The fourth-order valence-corrected chi connectivity index (χ4v) is 1.38. The summed E-state index contributed by atoms with van der Waals surface area (Å²) in [5.74, 6) is 0. The van der Waals surface area contributed by atoms with Crippen LogP contribution in [-0.2, 0) is 0 Å². The largest absolute Gasteiger partial charge is 0.273 e. The summed E-state index contributed by atoms with van der Waals surface area (Å²) in [6, 6.07) is 2.89. The molecule has 1 aromatic carbocycles. The Bertz CT molecular complexity index is 340. The van der Waals surface area contributed by atoms with E-state index in [9.17, 15) is 10.1 Å². The van der Waals surface area contributed by atoms with Crippen molar-refractivity contribution in [1.29, 1.82) is 0 Å². The van der Waals surface area contributed by atoms with Crippen molar-refractivity contribution in [2.24, 2.45) is 0 Å². The second-order valence-electron chi connectivity index (χ2n) is 2.26. The summed E-state index contributed by atoms with van der Waals surface area (Å²) >= 11 is 8.88. The van der Waals surface area contributed by atoms with Gasteiger partial charge in [-0.1, -0.05) is 11.6 Å². The van der Waals surface area contributed by atoms with E-state index in [0.717, 1.165) is 0 Å². The lowest BCUT2D eigenvalue weighted by Crippen LogP contribution is -1.92. The van der Waals surface area contributed by atoms with Crippen LogP contribution < -0.4 is 0 Å². The van der Waals surface area contributed by atoms with Gasteiger partial charge in [0.25, 0.3) is 5.69 Å². The molecule has 1 aromatic rings. The number of benzene rings is 1. The summed E-state index contributed by atoms with van der Waals surface area (Å²) in [6.45, 7) is 1.65. The van der Waals surface area contributed by atoms with Crippen molar-refractivity contribution in [2.45, 2.75) is 6.92 Å². The Hall–Kier alpha value is -0.610. The lowest BCUT2D eigenvalue weighted by molar-refractivity contribution is -0.385. The Kier molecular flexibility index (Phi) is 2.69. The van der Waals surface area contributed by atoms with Gasteiger partial charge in [-0.05, 0) is 28.9 Å². The molecule has 64 valence electrons. The maximum Gasteiger partial charge on any atom is 0.273 e. The first-order valence-electron chi connectivity index (χ1n) is 3.13. The third kappa shape index (κ3) is 1.59. The first-order chi connectivity index (χ1) is 5.54. The standard InChI is InChI=1S/C7H5BrClNO2/c1-4-6(10(11)12)3-2-5(9)7(4)8/h2-3H,1H3. The molecule has 0 atom stereocenters. The summed E-state index contributed by atoms with van der Waals surface area (Å²) in [7, 11) is 0. The zero-order valence-corrected chi connectivity index (χ0v) is 8.52. The minimum atomic E-state index is -0.434. The van der Waals surface area contributed by atoms with Gasteiger partial charge in [-0.15, -0.1) is 0 Å². The third-order valence-electron chi connectivity index (χ3n) is 1.51. The second kappa shape index (κ2) is 3.41. The molecule has 1 rings (SSSR count). The maximum absolute atomic E-state index is 10.4. The molecule has 0 N–H and O–H groups in total. The van der Waals surface area contributed by atoms with Crippen LogP contribution in [0.2, 0.25) is 5.02 Å². The van der Waals surface area contributed by atoms with Crippen molar-refractivity contribution in [1.82, 2.24) is 0 Å². The lowest BCUT2D eigenvalue weighted by Gasteiger charge is -2.00. The lowest BCUT2D eigenvalue weighted by atomic mass is 10.2. The van der Waals surface area contributed by atoms with E-state index in [1.54, 1.807) is 6.92 Å². The summed E-state index contributed by atoms with van der Waals surface area (Å²) in [4.78, 5) is 9.99. The fraction of sp³-hybridized carbons (Fsp3) is 0.143. The first kappa shape index (κ1) is 9.48. The summed E-state index contributed by atoms with van der Waals surface area (Å²) in [6.07, 6.45) is 0. The van der Waals surface area contributed by atoms with Crippen molar-refractivity contribution >= 4 is 33.2 Å². The number of halogens is 2. The molecule has 0 spiro atoms. The van der Waals surface area contributed by atoms with E-state index in [2.05, 4.69) is 15.9 Å². The van der Waals surface area contributed by atoms with Crippen molar-refractivity contribution in [2.75, 3.05) is 0 Å². The third-order valence-corrected chi connectivity index (χ3v) is 3.07. The van der Waals surface area contributed by atoms with Crippen molar-refractivity contribution in [3.8, 4) is 0 Å². The highest BCUT2D eigenvalue weighted by Gasteiger charge is 2.14. The van der Waals surface area contributed by atoms with Gasteiger partial charge in [-0.25, -0.2) is 0 Å². The van der Waals surface area contributed by atoms with E-state index < -0.39 is 4.92 Å². The topological polar surface area (TPSA) is 43.1 Å². The molecule has 0 aliphatic carbocycles. The molecule has 0 fully saturated rings. The molecule has 0 aromatic heterocycles. The highest BCUT2D eigenvalue weighted by Crippen LogP contribution is 2.31. The highest BCUT2D eigenvalue weighted by molar-refractivity contribution is 9.10. The quantitative estimate of drug-likeness (QED) is 0.567. The van der Waals surface area contributed by atoms with Crippen LogP contribution in [0.15, 0.2) is 16.6 Å². The number of hydrogen-bond donors (Lipinski definition) is 0. The smallest absolute Gasteiger partial charge is 0.258 e. The van der Waals surface area contributed by atoms with Gasteiger partial charge in [-0.2, -0.15) is 0 Å². The van der Waals surface area contributed by atoms with Crippen LogP contribution in [0.5, 0.6) is 0 Å². The van der Waals surface area contributed by atoms with Gasteiger partial charge in [0.1, 0.15) is 0 Å². The van der Waals surface area contributed by atoms with Gasteiger partial charge in [0.2, 0.25) is 0 Å². The number of hydrogen-bond acceptors (Lipinski definition) is 2. The van der Waals surface area contributed by atoms with E-state index in [1.165, 1.54) is 12.1 Å². The zero-order chi connectivity index (χ0) is 9.30. The molecule has 0 bridgehead atoms. The molecule has 0 saturated carbocycles. The zero-order valence-electron chi connectivity index (χ0n) is 6.17. The van der Waals surface area contributed by atoms with Crippen LogP contribution in [0.4, 0.5) is 5.69 Å². The van der Waals surface area contributed by atoms with Crippen LogP contribution in [-0.4, -0.2) is 4.92 Å². The van der Waals surface area contributed by atoms with E-state index in [1.807, 2.05) is 0 Å². The Balaban J connectivity index is 3.36. The molecular formula is C7H5BrClNO2. The van der Waals surface area contributed by atoms with Gasteiger partial charge in [0.05, 0.1) is 9.95 Å². The molecule has 0 unspecified atom stereocenters. The molecule has 0 radical (unpaired) electrons. The SMILES string of the molecule is Cc1c([N+](=O)[O-])ccc(Cl)c1Br. The maximum atomic E-state index is 10.4. The molecule has 0 saturated heterocycles. The van der Waals surface area contributed by atoms with Gasteiger partial charge in [-0.3, -0.25) is 10.1 Å². The van der Waals surface area contributed by atoms with Crippen LogP contribution >= 0.6 is 27.5 Å². The normalized spacial score (nSPS) is 9.92. The van der Waals surface area contributed by atoms with Gasteiger partial charge < -0.3 is 0 Å². The molecule has 3 nitrogen and oxygen atoms in total. The highest BCUT2D eigenvalue weighted by atomic mass is 79.9. The van der Waals surface area contributed by atoms with E-state index in [-0.39, 0.29) is 5.69 Å². The second-order valence-corrected chi connectivity index (χ2v) is 3.46. The molecule has 5 heteroatoms. The van der Waals surface area contributed by atoms with Crippen LogP contribution in [0.3, 0.4) is 0 Å². The Morgan fingerprint density at radius 3 is 2.67 bits per heavy atom. The monoisotopic (exact) mass is 249 g/mol. The van der Waals surface area contributed by atoms with E-state index in [4.69, 9.17) is 11.6 Å². The van der Waals surface area contributed by atoms with Crippen molar-refractivity contribution in [3.05, 3.63) is 37.3 Å². The average molecular weight is 250 g/mol. The predicted molar refractivity (Wildman–Crippen MR) is 50.5 cm³/mol. The van der Waals surface area contributed by atoms with Gasteiger partial charge in [0, 0.05) is 16.1 Å². The molecule has 0 amide bonds. The van der Waals surface area contributed by atoms with Crippen LogP contribution in [0, 0.1) is 17.0 Å². The Morgan fingerprint density at radius 2 is 2.17 bits per heavy atom. The Labute approximate surface area is 82.6 Å². The number of nitro groups is 1. The predicted octanol–water partition coefficient (Wildman–Crippen LogP) is 3.32. The average Bonchev–Trinajstić information content (AvgIpc) is 2.00. The molecule has 0 heterocycles. The molecule has 0 aliphatic heterocycles. The van der Waals surface area contributed by atoms with Crippen molar-refractivity contribution < 1.29 is 4.92 Å². The Morgan fingerprint density at radius 1 is 1.58 bits per heavy atom. The van der Waals surface area contributed by atoms with E-state index >= 15 is 0 Å². The van der Waals surface area contributed by atoms with Gasteiger partial charge >= 0.3 is 0 Å². The van der Waals surface area contributed by atoms with Gasteiger partial charge in [0.15, 0.2) is 0 Å². The van der Waals surface area contributed by atoms with Crippen LogP contribution in [0.1, 0.15) is 5.56 Å². The number of nitrogens with zero attached hydrogens (tertiary/aromatic N) is 1. The summed E-state index contributed by atoms with van der Waals surface area (Å²) in [5.41, 5.74) is 0.624.